The van der Waals surface area contributed by atoms with Gasteiger partial charge in [-0.2, -0.15) is 0 Å². The summed E-state index contributed by atoms with van der Waals surface area (Å²) in [6.45, 7) is 3.47. The van der Waals surface area contributed by atoms with Crippen LogP contribution in [0.25, 0.3) is 0 Å². The average molecular weight is 535 g/mol. The lowest BCUT2D eigenvalue weighted by Crippen LogP contribution is -2.22. The van der Waals surface area contributed by atoms with Crippen LogP contribution in [0.3, 0.4) is 0 Å². The zero-order valence-corrected chi connectivity index (χ0v) is 19.4. The number of benzene rings is 2. The molecule has 0 saturated heterocycles. The van der Waals surface area contributed by atoms with Crippen LogP contribution in [-0.4, -0.2) is 24.7 Å². The van der Waals surface area contributed by atoms with Crippen LogP contribution in [0.1, 0.15) is 31.4 Å². The lowest BCUT2D eigenvalue weighted by Gasteiger charge is -2.14. The normalized spacial score (nSPS) is 11.5. The van der Waals surface area contributed by atoms with Gasteiger partial charge in [0.05, 0.1) is 14.2 Å². The second-order valence-corrected chi connectivity index (χ2v) is 10.4. The number of anilines is 1. The number of carboxylic acid groups (broad SMARTS) is 1. The van der Waals surface area contributed by atoms with Gasteiger partial charge in [0.1, 0.15) is 12.4 Å². The van der Waals surface area contributed by atoms with E-state index in [0.29, 0.717) is 26.8 Å². The van der Waals surface area contributed by atoms with E-state index in [2.05, 4.69) is 36.6 Å². The summed E-state index contributed by atoms with van der Waals surface area (Å²) in [5.74, 6) is -0.257. The van der Waals surface area contributed by atoms with E-state index in [1.807, 2.05) is 18.2 Å². The van der Waals surface area contributed by atoms with E-state index in [4.69, 9.17) is 9.84 Å². The van der Waals surface area contributed by atoms with Gasteiger partial charge in [-0.15, -0.1) is 0 Å². The number of nitrogens with one attached hydrogen (secondary N) is 1. The van der Waals surface area contributed by atoms with Crippen LogP contribution in [0, 0.1) is 0 Å². The summed E-state index contributed by atoms with van der Waals surface area (Å²) in [7, 11) is -3.41. The number of carboxylic acids is 1. The highest BCUT2D eigenvalue weighted by molar-refractivity contribution is 9.11. The molecule has 2 aromatic carbocycles. The zero-order valence-electron chi connectivity index (χ0n) is 15.4. The fourth-order valence-electron chi connectivity index (χ4n) is 2.31. The van der Waals surface area contributed by atoms with Crippen molar-refractivity contribution in [2.24, 2.45) is 0 Å². The van der Waals surface area contributed by atoms with Crippen LogP contribution in [0.4, 0.5) is 5.69 Å². The molecule has 0 aliphatic carbocycles. The number of hydrogen-bond acceptors (Lipinski definition) is 4. The Morgan fingerprint density at radius 1 is 1.14 bits per heavy atom. The lowest BCUT2D eigenvalue weighted by atomic mass is 10.1. The van der Waals surface area contributed by atoms with E-state index < -0.39 is 21.2 Å². The fraction of sp³-hybridized carbons (Fsp3) is 0.316. The Morgan fingerprint density at radius 3 is 2.36 bits per heavy atom. The summed E-state index contributed by atoms with van der Waals surface area (Å²) >= 11 is 6.91. The predicted octanol–water partition coefficient (Wildman–Crippen LogP) is 4.96. The maximum absolute atomic E-state index is 12.0. The van der Waals surface area contributed by atoms with Crippen LogP contribution in [0.15, 0.2) is 45.3 Å². The van der Waals surface area contributed by atoms with Crippen molar-refractivity contribution in [3.63, 3.8) is 0 Å². The molecule has 0 saturated carbocycles. The number of ether oxygens (including phenoxy) is 1. The largest absolute Gasteiger partial charge is 0.487 e. The first kappa shape index (κ1) is 22.7. The maximum atomic E-state index is 12.0. The van der Waals surface area contributed by atoms with Crippen molar-refractivity contribution in [2.75, 3.05) is 4.72 Å². The van der Waals surface area contributed by atoms with Crippen molar-refractivity contribution in [1.82, 2.24) is 0 Å². The summed E-state index contributed by atoms with van der Waals surface area (Å²) in [6.07, 6.45) is 0.475. The fourth-order valence-corrected chi connectivity index (χ4v) is 4.51. The first-order chi connectivity index (χ1) is 13.1. The quantitative estimate of drug-likeness (QED) is 0.474. The van der Waals surface area contributed by atoms with Gasteiger partial charge in [0.15, 0.2) is 0 Å². The van der Waals surface area contributed by atoms with Crippen molar-refractivity contribution >= 4 is 53.5 Å². The van der Waals surface area contributed by atoms with Gasteiger partial charge in [-0.3, -0.25) is 9.52 Å². The Bertz CT molecular complexity index is 938. The van der Waals surface area contributed by atoms with Gasteiger partial charge in [0.25, 0.3) is 0 Å². The number of halogens is 2. The Kier molecular flexibility index (Phi) is 7.91. The van der Waals surface area contributed by atoms with Gasteiger partial charge in [-0.25, -0.2) is 8.42 Å². The Balaban J connectivity index is 2.10. The third kappa shape index (κ3) is 6.49. The average Bonchev–Trinajstić information content (AvgIpc) is 2.59. The highest BCUT2D eigenvalue weighted by Gasteiger charge is 2.16. The second kappa shape index (κ2) is 9.76. The predicted molar refractivity (Wildman–Crippen MR) is 116 cm³/mol. The van der Waals surface area contributed by atoms with E-state index in [-0.39, 0.29) is 13.0 Å². The smallest absolute Gasteiger partial charge is 0.303 e. The summed E-state index contributed by atoms with van der Waals surface area (Å²) < 4.78 is 33.9. The minimum atomic E-state index is -3.41. The SMILES string of the molecule is CC(C)S(=O)(=O)Nc1cccc(COc2c(Br)cc(CCC(=O)O)cc2Br)c1. The summed E-state index contributed by atoms with van der Waals surface area (Å²) in [6, 6.07) is 10.7. The summed E-state index contributed by atoms with van der Waals surface area (Å²) in [5, 5.41) is 8.28. The number of aryl methyl sites for hydroxylation is 1. The molecule has 2 rings (SSSR count). The molecule has 2 aromatic rings. The van der Waals surface area contributed by atoms with Gasteiger partial charge in [0.2, 0.25) is 10.0 Å². The maximum Gasteiger partial charge on any atom is 0.303 e. The molecule has 0 radical (unpaired) electrons. The van der Waals surface area contributed by atoms with Gasteiger partial charge in [-0.1, -0.05) is 12.1 Å². The van der Waals surface area contributed by atoms with Gasteiger partial charge in [-0.05, 0) is 87.5 Å². The Morgan fingerprint density at radius 2 is 1.79 bits per heavy atom. The molecule has 0 aliphatic rings. The van der Waals surface area contributed by atoms with Crippen molar-refractivity contribution in [3.8, 4) is 5.75 Å². The molecule has 0 bridgehead atoms. The molecule has 0 heterocycles. The Hall–Kier alpha value is -1.58. The molecule has 0 amide bonds. The molecule has 0 atom stereocenters. The molecule has 152 valence electrons. The molecule has 0 spiro atoms. The van der Waals surface area contributed by atoms with E-state index in [1.54, 1.807) is 32.0 Å². The number of sulfonamides is 1. The van der Waals surface area contributed by atoms with E-state index in [0.717, 1.165) is 11.1 Å². The monoisotopic (exact) mass is 533 g/mol. The molecule has 28 heavy (non-hydrogen) atoms. The first-order valence-corrected chi connectivity index (χ1v) is 11.6. The molecular formula is C19H21Br2NO5S. The van der Waals surface area contributed by atoms with Gasteiger partial charge < -0.3 is 9.84 Å². The summed E-state index contributed by atoms with van der Waals surface area (Å²) in [5.41, 5.74) is 2.16. The van der Waals surface area contributed by atoms with Crippen LogP contribution in [-0.2, 0) is 27.8 Å². The van der Waals surface area contributed by atoms with Crippen molar-refractivity contribution in [1.29, 1.82) is 0 Å². The number of carbonyl (C=O) groups is 1. The van der Waals surface area contributed by atoms with Crippen molar-refractivity contribution < 1.29 is 23.1 Å². The van der Waals surface area contributed by atoms with Crippen LogP contribution in [0.2, 0.25) is 0 Å². The highest BCUT2D eigenvalue weighted by Crippen LogP contribution is 2.35. The first-order valence-electron chi connectivity index (χ1n) is 8.51. The number of aliphatic carboxylic acids is 1. The molecule has 0 fully saturated rings. The third-order valence-electron chi connectivity index (χ3n) is 3.88. The van der Waals surface area contributed by atoms with E-state index >= 15 is 0 Å². The second-order valence-electron chi connectivity index (χ2n) is 6.47. The van der Waals surface area contributed by atoms with Gasteiger partial charge >= 0.3 is 5.97 Å². The molecule has 6 nitrogen and oxygen atoms in total. The van der Waals surface area contributed by atoms with Crippen molar-refractivity contribution in [3.05, 3.63) is 56.5 Å². The highest BCUT2D eigenvalue weighted by atomic mass is 79.9. The van der Waals surface area contributed by atoms with Crippen LogP contribution >= 0.6 is 31.9 Å². The lowest BCUT2D eigenvalue weighted by molar-refractivity contribution is -0.136. The molecule has 0 aromatic heterocycles. The molecule has 2 N–H and O–H groups in total. The zero-order chi connectivity index (χ0) is 20.9. The van der Waals surface area contributed by atoms with E-state index in [1.165, 1.54) is 0 Å². The third-order valence-corrected chi connectivity index (χ3v) is 6.82. The molecule has 0 unspecified atom stereocenters. The number of hydrogen-bond donors (Lipinski definition) is 2. The summed E-state index contributed by atoms with van der Waals surface area (Å²) in [4.78, 5) is 10.7. The van der Waals surface area contributed by atoms with Gasteiger partial charge in [0, 0.05) is 12.1 Å². The molecular weight excluding hydrogens is 514 g/mol. The molecule has 0 aliphatic heterocycles. The number of rotatable bonds is 9. The topological polar surface area (TPSA) is 92.7 Å². The van der Waals surface area contributed by atoms with E-state index in [9.17, 15) is 13.2 Å². The van der Waals surface area contributed by atoms with Crippen LogP contribution in [0.5, 0.6) is 5.75 Å². The minimum Gasteiger partial charge on any atom is -0.487 e. The minimum absolute atomic E-state index is 0.0537. The van der Waals surface area contributed by atoms with Crippen LogP contribution < -0.4 is 9.46 Å². The standard InChI is InChI=1S/C19H21Br2NO5S/c1-12(2)28(25,26)22-15-5-3-4-14(8-15)11-27-19-16(20)9-13(10-17(19)21)6-7-18(23)24/h3-5,8-10,12,22H,6-7,11H2,1-2H3,(H,23,24). The molecule has 9 heteroatoms. The van der Waals surface area contributed by atoms with Crippen molar-refractivity contribution in [2.45, 2.75) is 38.5 Å². The Labute approximate surface area is 181 Å².